The molecule has 0 saturated heterocycles. The van der Waals surface area contributed by atoms with Gasteiger partial charge in [-0.2, -0.15) is 52.0 Å². The van der Waals surface area contributed by atoms with Crippen LogP contribution in [-0.2, 0) is 50.6 Å². The molecule has 0 aliphatic carbocycles. The zero-order chi connectivity index (χ0) is 50.6. The Morgan fingerprint density at radius 2 is 1.07 bits per heavy atom. The third-order valence-corrected chi connectivity index (χ3v) is 16.1. The fraction of sp³-hybridized carbons (Fsp3) is 0. The molecular weight excluding hydrogens is 1040 g/mol. The highest BCUT2D eigenvalue weighted by molar-refractivity contribution is 7.87. The number of carboxylic acids is 1. The lowest BCUT2D eigenvalue weighted by molar-refractivity contribution is 0.0697. The molecule has 4 aromatic heterocycles. The van der Waals surface area contributed by atoms with Gasteiger partial charge in [0.25, 0.3) is 50.6 Å². The lowest BCUT2D eigenvalue weighted by Gasteiger charge is -2.08. The number of carbonyl (C=O) groups is 1. The number of carboxylic acid groups (broad SMARTS) is 1. The van der Waals surface area contributed by atoms with Gasteiger partial charge in [-0.1, -0.05) is 60.7 Å². The van der Waals surface area contributed by atoms with Crippen LogP contribution in [0.1, 0.15) is 21.5 Å². The monoisotopic (exact) mass is 1060 g/mol. The standard InChI is InChI=1S/C41H26N8O17S5/c50-41(51)30-18-33(46-45-32-14-9-23-15-26(67(52,53)54)12-13-27(23)39(32)49(45)46)38(71(64,65)66)19-31(30)43-42-24-10-7-21(35(16-24)68(55,56)57)5-6-22-8-11-25(17-36(22)69(58,59)60)44-47-34-20-37(70(61,62)63)28-3-1-2-4-29(28)40(34)48(44)47/h1-20H,(H,50,51)(H,52,53,54)(H,55,56,57)(H,58,59,60)(H,61,62,63)(H,64,65,66)/b6-5-,43-42?. The first-order chi connectivity index (χ1) is 33.2. The summed E-state index contributed by atoms with van der Waals surface area (Å²) in [5.41, 5.74) is -0.377. The zero-order valence-electron chi connectivity index (χ0n) is 34.8. The molecule has 71 heavy (non-hydrogen) atoms. The van der Waals surface area contributed by atoms with Crippen molar-refractivity contribution in [1.82, 2.24) is 28.1 Å². The Hall–Kier alpha value is -7.78. The number of hydrogen-bond acceptors (Lipinski definition) is 13. The van der Waals surface area contributed by atoms with E-state index in [1.54, 1.807) is 28.9 Å². The van der Waals surface area contributed by atoms with Gasteiger partial charge in [0.05, 0.1) is 21.8 Å². The van der Waals surface area contributed by atoms with Crippen molar-refractivity contribution in [3.8, 4) is 11.4 Å². The number of rotatable bonds is 12. The van der Waals surface area contributed by atoms with E-state index in [1.165, 1.54) is 65.9 Å². The fourth-order valence-corrected chi connectivity index (χ4v) is 11.8. The highest BCUT2D eigenvalue weighted by Crippen LogP contribution is 2.40. The molecule has 11 rings (SSSR count). The van der Waals surface area contributed by atoms with Crippen molar-refractivity contribution in [3.05, 3.63) is 126 Å². The molecule has 0 amide bonds. The lowest BCUT2D eigenvalue weighted by atomic mass is 10.1. The predicted octanol–water partition coefficient (Wildman–Crippen LogP) is 5.98. The SMILES string of the molecule is O=C(O)c1cc(-n2n3c4ccc5cc(S(=O)(=O)O)ccc5c4n23)c(S(=O)(=O)O)cc1N=Nc1ccc(/C=C\c2ccc(-n3n4c5cc(S(=O)(=O)O)c6ccccc6c5n34)cc2S(=O)(=O)O)c(S(=O)(=O)O)c1. The van der Waals surface area contributed by atoms with Crippen LogP contribution in [-0.4, -0.2) is 104 Å². The molecule has 0 unspecified atom stereocenters. The van der Waals surface area contributed by atoms with E-state index in [2.05, 4.69) is 10.2 Å². The van der Waals surface area contributed by atoms with Gasteiger partial charge in [0, 0.05) is 16.2 Å². The molecule has 0 fully saturated rings. The molecule has 0 aliphatic heterocycles. The molecule has 11 aromatic rings. The van der Waals surface area contributed by atoms with Gasteiger partial charge in [-0.25, -0.2) is 4.79 Å². The van der Waals surface area contributed by atoms with Crippen molar-refractivity contribution in [3.63, 3.8) is 0 Å². The average Bonchev–Trinajstić information content (AvgIpc) is 4.14. The van der Waals surface area contributed by atoms with Gasteiger partial charge < -0.3 is 5.11 Å². The Morgan fingerprint density at radius 1 is 0.479 bits per heavy atom. The van der Waals surface area contributed by atoms with Crippen molar-refractivity contribution >= 4 is 124 Å². The van der Waals surface area contributed by atoms with Crippen molar-refractivity contribution in [2.45, 2.75) is 24.5 Å². The first-order valence-corrected chi connectivity index (χ1v) is 27.0. The van der Waals surface area contributed by atoms with Gasteiger partial charge in [0.2, 0.25) is 0 Å². The summed E-state index contributed by atoms with van der Waals surface area (Å²) in [5.74, 6) is -1.64. The zero-order valence-corrected chi connectivity index (χ0v) is 38.9. The molecule has 6 N–H and O–H groups in total. The molecule has 4 heterocycles. The molecular formula is C41H26N8O17S5. The second-order valence-corrected chi connectivity index (χ2v) is 22.8. The van der Waals surface area contributed by atoms with E-state index in [4.69, 9.17) is 0 Å². The van der Waals surface area contributed by atoms with Gasteiger partial charge in [-0.15, -0.1) is 28.4 Å². The molecule has 0 saturated carbocycles. The molecule has 7 aromatic carbocycles. The van der Waals surface area contributed by atoms with E-state index in [1.807, 2.05) is 0 Å². The first-order valence-electron chi connectivity index (χ1n) is 19.8. The van der Waals surface area contributed by atoms with Crippen LogP contribution in [0.2, 0.25) is 0 Å². The topological polar surface area (TPSA) is 361 Å². The van der Waals surface area contributed by atoms with E-state index in [9.17, 15) is 74.8 Å². The molecule has 0 atom stereocenters. The normalized spacial score (nSPS) is 13.7. The smallest absolute Gasteiger partial charge is 0.338 e. The van der Waals surface area contributed by atoms with E-state index in [0.29, 0.717) is 44.3 Å². The maximum Gasteiger partial charge on any atom is 0.338 e. The first kappa shape index (κ1) is 45.7. The van der Waals surface area contributed by atoms with Crippen LogP contribution in [0.3, 0.4) is 0 Å². The summed E-state index contributed by atoms with van der Waals surface area (Å²) >= 11 is 0. The second-order valence-electron chi connectivity index (χ2n) is 15.8. The van der Waals surface area contributed by atoms with Gasteiger partial charge in [-0.05, 0) is 77.2 Å². The van der Waals surface area contributed by atoms with Crippen molar-refractivity contribution in [1.29, 1.82) is 0 Å². The Balaban J connectivity index is 0.929. The number of aromatic carboxylic acids is 1. The van der Waals surface area contributed by atoms with Crippen LogP contribution in [0.15, 0.2) is 144 Å². The number of azo groups is 1. The van der Waals surface area contributed by atoms with E-state index in [0.717, 1.165) is 48.6 Å². The Bertz CT molecular complexity index is 4820. The molecule has 0 bridgehead atoms. The van der Waals surface area contributed by atoms with Crippen LogP contribution in [0.4, 0.5) is 11.4 Å². The number of nitrogens with zero attached hydrogens (tertiary/aromatic N) is 8. The number of aromatic nitrogens is 6. The quantitative estimate of drug-likeness (QED) is 0.0465. The van der Waals surface area contributed by atoms with Crippen LogP contribution >= 0.6 is 0 Å². The fourth-order valence-electron chi connectivity index (χ4n) is 8.50. The summed E-state index contributed by atoms with van der Waals surface area (Å²) in [5, 5.41) is 19.4. The second kappa shape index (κ2) is 14.9. The van der Waals surface area contributed by atoms with E-state index < -0.39 is 82.5 Å². The number of benzene rings is 7. The minimum atomic E-state index is -5.15. The highest BCUT2D eigenvalue weighted by Gasteiger charge is 2.33. The molecule has 25 nitrogen and oxygen atoms in total. The maximum absolute atomic E-state index is 12.8. The van der Waals surface area contributed by atoms with E-state index in [-0.39, 0.29) is 43.4 Å². The number of hydrogen-bond donors (Lipinski definition) is 6. The third kappa shape index (κ3) is 7.35. The maximum atomic E-state index is 12.8. The summed E-state index contributed by atoms with van der Waals surface area (Å²) < 4.78 is 180. The Labute approximate surface area is 396 Å². The summed E-state index contributed by atoms with van der Waals surface area (Å²) in [6.45, 7) is 0. The van der Waals surface area contributed by atoms with Crippen LogP contribution < -0.4 is 0 Å². The Kier molecular flexibility index (Phi) is 9.56. The van der Waals surface area contributed by atoms with E-state index >= 15 is 0 Å². The minimum Gasteiger partial charge on any atom is -0.478 e. The molecule has 362 valence electrons. The van der Waals surface area contributed by atoms with Crippen LogP contribution in [0.25, 0.3) is 67.1 Å². The van der Waals surface area contributed by atoms with Gasteiger partial charge >= 0.3 is 5.97 Å². The number of fused-ring (bicyclic) bond motifs is 12. The highest BCUT2D eigenvalue weighted by atomic mass is 32.2. The molecule has 0 aliphatic rings. The largest absolute Gasteiger partial charge is 0.478 e. The molecule has 30 heteroatoms. The summed E-state index contributed by atoms with van der Waals surface area (Å²) in [4.78, 5) is 12.2. The van der Waals surface area contributed by atoms with Crippen LogP contribution in [0.5, 0.6) is 0 Å². The molecule has 0 spiro atoms. The van der Waals surface area contributed by atoms with Gasteiger partial charge in [-0.3, -0.25) is 22.8 Å². The summed E-state index contributed by atoms with van der Waals surface area (Å²) in [6, 6.07) is 23.0. The predicted molar refractivity (Wildman–Crippen MR) is 248 cm³/mol. The third-order valence-electron chi connectivity index (χ3n) is 11.6. The average molecular weight is 1060 g/mol. The van der Waals surface area contributed by atoms with Gasteiger partial charge in [0.15, 0.2) is 0 Å². The molecule has 0 radical (unpaired) electrons. The summed E-state index contributed by atoms with van der Waals surface area (Å²) in [7, 11) is -24.4. The van der Waals surface area contributed by atoms with Crippen LogP contribution in [0, 0.1) is 0 Å². The summed E-state index contributed by atoms with van der Waals surface area (Å²) in [6.07, 6.45) is 2.20. The Morgan fingerprint density at radius 3 is 1.70 bits per heavy atom. The van der Waals surface area contributed by atoms with Crippen molar-refractivity contribution < 1.29 is 74.8 Å². The van der Waals surface area contributed by atoms with Crippen molar-refractivity contribution in [2.75, 3.05) is 0 Å². The van der Waals surface area contributed by atoms with Crippen molar-refractivity contribution in [2.24, 2.45) is 10.2 Å². The lowest BCUT2D eigenvalue weighted by Crippen LogP contribution is -2.07. The minimum absolute atomic E-state index is 0.160. The van der Waals surface area contributed by atoms with Gasteiger partial charge in [0.1, 0.15) is 53.0 Å².